The van der Waals surface area contributed by atoms with Gasteiger partial charge in [0.05, 0.1) is 24.7 Å². The number of methoxy groups -OCH3 is 1. The number of hydrogen-bond acceptors (Lipinski definition) is 5. The molecule has 0 aliphatic carbocycles. The summed E-state index contributed by atoms with van der Waals surface area (Å²) >= 11 is 0. The molecule has 8 heteroatoms. The molecule has 1 saturated heterocycles. The number of carbonyl (C=O) groups is 1. The first-order valence-corrected chi connectivity index (χ1v) is 10.4. The van der Waals surface area contributed by atoms with E-state index in [0.717, 1.165) is 17.0 Å². The molecule has 5 rings (SSSR count). The predicted octanol–water partition coefficient (Wildman–Crippen LogP) is 3.51. The van der Waals surface area contributed by atoms with Crippen LogP contribution in [-0.2, 0) is 0 Å². The lowest BCUT2D eigenvalue weighted by Gasteiger charge is -2.36. The van der Waals surface area contributed by atoms with Crippen LogP contribution in [0.25, 0.3) is 16.9 Å². The normalized spacial score (nSPS) is 14.1. The molecule has 0 radical (unpaired) electrons. The summed E-state index contributed by atoms with van der Waals surface area (Å²) < 4.78 is 21.1. The molecule has 2 aromatic carbocycles. The molecule has 0 N–H and O–H groups in total. The largest absolute Gasteiger partial charge is 0.497 e. The average molecular weight is 431 g/mol. The van der Waals surface area contributed by atoms with Crippen molar-refractivity contribution in [3.05, 3.63) is 78.4 Å². The van der Waals surface area contributed by atoms with Gasteiger partial charge in [0.2, 0.25) is 0 Å². The zero-order valence-electron chi connectivity index (χ0n) is 17.6. The first kappa shape index (κ1) is 20.0. The molecule has 1 fully saturated rings. The maximum atomic E-state index is 14.1. The number of fused-ring (bicyclic) bond motifs is 1. The number of amides is 1. The van der Waals surface area contributed by atoms with Crippen molar-refractivity contribution < 1.29 is 13.9 Å². The third-order valence-corrected chi connectivity index (χ3v) is 5.76. The lowest BCUT2D eigenvalue weighted by Crippen LogP contribution is -2.49. The van der Waals surface area contributed by atoms with Gasteiger partial charge in [-0.05, 0) is 30.3 Å². The van der Waals surface area contributed by atoms with Crippen molar-refractivity contribution in [2.45, 2.75) is 0 Å². The fraction of sp³-hybridized carbons (Fsp3) is 0.208. The minimum atomic E-state index is -0.246. The van der Waals surface area contributed by atoms with Crippen molar-refractivity contribution in [1.29, 1.82) is 0 Å². The van der Waals surface area contributed by atoms with Crippen molar-refractivity contribution in [2.24, 2.45) is 0 Å². The van der Waals surface area contributed by atoms with E-state index in [0.29, 0.717) is 43.1 Å². The molecule has 1 amide bonds. The molecule has 3 heterocycles. The predicted molar refractivity (Wildman–Crippen MR) is 119 cm³/mol. The zero-order chi connectivity index (χ0) is 22.1. The summed E-state index contributed by atoms with van der Waals surface area (Å²) in [5.74, 6) is 0.372. The second kappa shape index (κ2) is 8.30. The van der Waals surface area contributed by atoms with E-state index < -0.39 is 0 Å². The number of ether oxygens (including phenoxy) is 1. The second-order valence-corrected chi connectivity index (χ2v) is 7.59. The van der Waals surface area contributed by atoms with Crippen molar-refractivity contribution in [1.82, 2.24) is 19.5 Å². The van der Waals surface area contributed by atoms with Crippen LogP contribution in [0.5, 0.6) is 5.75 Å². The Morgan fingerprint density at radius 2 is 1.84 bits per heavy atom. The molecule has 0 spiro atoms. The summed E-state index contributed by atoms with van der Waals surface area (Å²) in [6, 6.07) is 16.2. The van der Waals surface area contributed by atoms with Gasteiger partial charge in [0.25, 0.3) is 5.91 Å². The highest BCUT2D eigenvalue weighted by molar-refractivity contribution is 6.00. The average Bonchev–Trinajstić information content (AvgIpc) is 3.28. The standard InChI is InChI=1S/C24H22FN5O2/c1-32-18-6-4-5-17(15-18)21-9-10-26-23-19(16-27-30(21)23)24(31)29-13-11-28(12-14-29)22-8-3-2-7-20(22)25/h2-10,15-16H,11-14H2,1H3. The number of para-hydroxylation sites is 1. The Labute approximate surface area is 184 Å². The van der Waals surface area contributed by atoms with Gasteiger partial charge in [-0.15, -0.1) is 0 Å². The first-order valence-electron chi connectivity index (χ1n) is 10.4. The van der Waals surface area contributed by atoms with Crippen molar-refractivity contribution in [2.75, 3.05) is 38.2 Å². The smallest absolute Gasteiger partial charge is 0.259 e. The summed E-state index contributed by atoms with van der Waals surface area (Å²) in [6.07, 6.45) is 3.25. The Bertz CT molecular complexity index is 1280. The minimum absolute atomic E-state index is 0.122. The van der Waals surface area contributed by atoms with E-state index in [2.05, 4.69) is 10.1 Å². The highest BCUT2D eigenvalue weighted by Gasteiger charge is 2.26. The highest BCUT2D eigenvalue weighted by Crippen LogP contribution is 2.26. The van der Waals surface area contributed by atoms with Gasteiger partial charge < -0.3 is 14.5 Å². The Kier molecular flexibility index (Phi) is 5.18. The lowest BCUT2D eigenvalue weighted by atomic mass is 10.1. The number of halogens is 1. The Balaban J connectivity index is 1.39. The van der Waals surface area contributed by atoms with Crippen LogP contribution in [-0.4, -0.2) is 58.7 Å². The van der Waals surface area contributed by atoms with Crippen LogP contribution in [0.15, 0.2) is 67.0 Å². The molecule has 2 aromatic heterocycles. The summed E-state index contributed by atoms with van der Waals surface area (Å²) in [4.78, 5) is 21.4. The molecule has 1 aliphatic heterocycles. The number of aromatic nitrogens is 3. The molecule has 7 nitrogen and oxygen atoms in total. The monoisotopic (exact) mass is 431 g/mol. The van der Waals surface area contributed by atoms with Crippen LogP contribution >= 0.6 is 0 Å². The second-order valence-electron chi connectivity index (χ2n) is 7.59. The van der Waals surface area contributed by atoms with E-state index >= 15 is 0 Å². The molecule has 0 bridgehead atoms. The molecule has 4 aromatic rings. The van der Waals surface area contributed by atoms with E-state index in [1.165, 1.54) is 6.07 Å². The lowest BCUT2D eigenvalue weighted by molar-refractivity contribution is 0.0748. The molecule has 162 valence electrons. The van der Waals surface area contributed by atoms with E-state index in [-0.39, 0.29) is 11.7 Å². The Morgan fingerprint density at radius 3 is 2.62 bits per heavy atom. The Hall–Kier alpha value is -3.94. The number of anilines is 1. The highest BCUT2D eigenvalue weighted by atomic mass is 19.1. The minimum Gasteiger partial charge on any atom is -0.497 e. The molecule has 32 heavy (non-hydrogen) atoms. The van der Waals surface area contributed by atoms with E-state index in [9.17, 15) is 9.18 Å². The van der Waals surface area contributed by atoms with Gasteiger partial charge in [-0.25, -0.2) is 13.9 Å². The summed E-state index contributed by atoms with van der Waals surface area (Å²) in [5.41, 5.74) is 3.26. The van der Waals surface area contributed by atoms with Crippen LogP contribution in [0, 0.1) is 5.82 Å². The van der Waals surface area contributed by atoms with Gasteiger partial charge >= 0.3 is 0 Å². The topological polar surface area (TPSA) is 63.0 Å². The summed E-state index contributed by atoms with van der Waals surface area (Å²) in [5, 5.41) is 4.45. The van der Waals surface area contributed by atoms with Crippen LogP contribution in [0.4, 0.5) is 10.1 Å². The molecule has 0 atom stereocenters. The number of benzene rings is 2. The zero-order valence-corrected chi connectivity index (χ0v) is 17.6. The number of hydrogen-bond donors (Lipinski definition) is 0. The van der Waals surface area contributed by atoms with Crippen LogP contribution in [0.3, 0.4) is 0 Å². The van der Waals surface area contributed by atoms with Crippen LogP contribution in [0.1, 0.15) is 10.4 Å². The number of piperazine rings is 1. The van der Waals surface area contributed by atoms with Crippen molar-refractivity contribution in [3.63, 3.8) is 0 Å². The van der Waals surface area contributed by atoms with Gasteiger partial charge in [-0.2, -0.15) is 5.10 Å². The number of rotatable bonds is 4. The first-order chi connectivity index (χ1) is 15.7. The van der Waals surface area contributed by atoms with Gasteiger partial charge in [-0.1, -0.05) is 24.3 Å². The summed E-state index contributed by atoms with van der Waals surface area (Å²) in [7, 11) is 1.62. The van der Waals surface area contributed by atoms with E-state index in [1.807, 2.05) is 41.3 Å². The molecule has 0 saturated carbocycles. The van der Waals surface area contributed by atoms with E-state index in [4.69, 9.17) is 4.74 Å². The van der Waals surface area contributed by atoms with Crippen molar-refractivity contribution in [3.8, 4) is 17.0 Å². The van der Waals surface area contributed by atoms with Crippen molar-refractivity contribution >= 4 is 17.2 Å². The van der Waals surface area contributed by atoms with Crippen LogP contribution < -0.4 is 9.64 Å². The van der Waals surface area contributed by atoms with Gasteiger partial charge in [0.1, 0.15) is 17.1 Å². The Morgan fingerprint density at radius 1 is 1.03 bits per heavy atom. The third kappa shape index (κ3) is 3.53. The van der Waals surface area contributed by atoms with Crippen LogP contribution in [0.2, 0.25) is 0 Å². The van der Waals surface area contributed by atoms with Gasteiger partial charge in [-0.3, -0.25) is 4.79 Å². The third-order valence-electron chi connectivity index (χ3n) is 5.76. The molecule has 0 unspecified atom stereocenters. The fourth-order valence-corrected chi connectivity index (χ4v) is 4.07. The number of nitrogens with zero attached hydrogens (tertiary/aromatic N) is 5. The maximum absolute atomic E-state index is 14.1. The molecular weight excluding hydrogens is 409 g/mol. The quantitative estimate of drug-likeness (QED) is 0.495. The fourth-order valence-electron chi connectivity index (χ4n) is 4.07. The van der Waals surface area contributed by atoms with Gasteiger partial charge in [0, 0.05) is 37.9 Å². The maximum Gasteiger partial charge on any atom is 0.259 e. The van der Waals surface area contributed by atoms with E-state index in [1.54, 1.807) is 41.1 Å². The summed E-state index contributed by atoms with van der Waals surface area (Å²) in [6.45, 7) is 2.13. The molecular formula is C24H22FN5O2. The number of carbonyl (C=O) groups excluding carboxylic acids is 1. The molecule has 1 aliphatic rings. The SMILES string of the molecule is COc1cccc(-c2ccnc3c(C(=O)N4CCN(c5ccccc5F)CC4)cnn23)c1. The van der Waals surface area contributed by atoms with Gasteiger partial charge in [0.15, 0.2) is 5.65 Å².